The van der Waals surface area contributed by atoms with Gasteiger partial charge in [-0.2, -0.15) is 0 Å². The maximum Gasteiger partial charge on any atom is 0.180 e. The molecule has 1 fully saturated rings. The summed E-state index contributed by atoms with van der Waals surface area (Å²) in [5.74, 6) is 0.333. The first-order valence-electron chi connectivity index (χ1n) is 5.07. The number of ketones is 1. The number of carbonyl (C=O) groups excluding carboxylic acids is 1. The second-order valence-corrected chi connectivity index (χ2v) is 4.81. The molecule has 2 heterocycles. The molecule has 1 saturated heterocycles. The Balaban J connectivity index is 2.24. The first-order valence-corrected chi connectivity index (χ1v) is 5.95. The van der Waals surface area contributed by atoms with Gasteiger partial charge in [-0.15, -0.1) is 11.3 Å². The predicted octanol–water partition coefficient (Wildman–Crippen LogP) is 2.32. The summed E-state index contributed by atoms with van der Waals surface area (Å²) in [6, 6.07) is 3.88. The molecule has 1 unspecified atom stereocenters. The molecule has 1 atom stereocenters. The number of carbonyl (C=O) groups is 1. The van der Waals surface area contributed by atoms with Crippen LogP contribution in [0.3, 0.4) is 0 Å². The van der Waals surface area contributed by atoms with Gasteiger partial charge in [-0.1, -0.05) is 13.0 Å². The van der Waals surface area contributed by atoms with E-state index in [1.165, 1.54) is 0 Å². The van der Waals surface area contributed by atoms with Crippen molar-refractivity contribution in [3.63, 3.8) is 0 Å². The molecule has 0 aromatic carbocycles. The lowest BCUT2D eigenvalue weighted by Gasteiger charge is -2.23. The fourth-order valence-corrected chi connectivity index (χ4v) is 2.85. The summed E-state index contributed by atoms with van der Waals surface area (Å²) in [6.45, 7) is 3.93. The summed E-state index contributed by atoms with van der Waals surface area (Å²) < 4.78 is 0. The summed E-state index contributed by atoms with van der Waals surface area (Å²) in [5.41, 5.74) is -0.120. The zero-order valence-corrected chi connectivity index (χ0v) is 9.19. The van der Waals surface area contributed by atoms with Crippen molar-refractivity contribution in [2.75, 3.05) is 13.1 Å². The average molecular weight is 209 g/mol. The molecule has 1 aliphatic rings. The Morgan fingerprint density at radius 1 is 1.71 bits per heavy atom. The largest absolute Gasteiger partial charge is 0.316 e. The number of thiophene rings is 1. The average Bonchev–Trinajstić information content (AvgIpc) is 2.89. The van der Waals surface area contributed by atoms with Crippen molar-refractivity contribution < 1.29 is 4.79 Å². The van der Waals surface area contributed by atoms with Crippen LogP contribution in [0.2, 0.25) is 0 Å². The molecule has 1 aromatic heterocycles. The van der Waals surface area contributed by atoms with E-state index in [4.69, 9.17) is 0 Å². The third kappa shape index (κ3) is 1.51. The van der Waals surface area contributed by atoms with Gasteiger partial charge in [0.1, 0.15) is 0 Å². The first-order chi connectivity index (χ1) is 6.78. The van der Waals surface area contributed by atoms with E-state index in [-0.39, 0.29) is 5.41 Å². The van der Waals surface area contributed by atoms with Gasteiger partial charge in [0.15, 0.2) is 5.78 Å². The van der Waals surface area contributed by atoms with Gasteiger partial charge in [0, 0.05) is 12.0 Å². The number of hydrogen-bond donors (Lipinski definition) is 1. The van der Waals surface area contributed by atoms with Crippen molar-refractivity contribution in [3.8, 4) is 0 Å². The molecule has 3 heteroatoms. The second-order valence-electron chi connectivity index (χ2n) is 3.87. The fraction of sp³-hybridized carbons (Fsp3) is 0.545. The Kier molecular flexibility index (Phi) is 2.70. The quantitative estimate of drug-likeness (QED) is 0.774. The van der Waals surface area contributed by atoms with Gasteiger partial charge >= 0.3 is 0 Å². The molecular weight excluding hydrogens is 194 g/mol. The van der Waals surface area contributed by atoms with E-state index in [9.17, 15) is 4.79 Å². The topological polar surface area (TPSA) is 29.1 Å². The summed E-state index contributed by atoms with van der Waals surface area (Å²) >= 11 is 1.55. The lowest BCUT2D eigenvalue weighted by atomic mass is 9.79. The molecule has 1 aliphatic heterocycles. The molecule has 14 heavy (non-hydrogen) atoms. The van der Waals surface area contributed by atoms with E-state index in [0.29, 0.717) is 5.78 Å². The molecular formula is C11H15NOS. The molecule has 2 rings (SSSR count). The first kappa shape index (κ1) is 9.87. The summed E-state index contributed by atoms with van der Waals surface area (Å²) in [4.78, 5) is 13.1. The lowest BCUT2D eigenvalue weighted by molar-refractivity contribution is 0.0815. The van der Waals surface area contributed by atoms with Gasteiger partial charge in [-0.05, 0) is 30.8 Å². The highest BCUT2D eigenvalue weighted by Crippen LogP contribution is 2.34. The fourth-order valence-electron chi connectivity index (χ4n) is 2.07. The minimum atomic E-state index is -0.120. The Hall–Kier alpha value is -0.670. The molecule has 76 valence electrons. The van der Waals surface area contributed by atoms with Gasteiger partial charge in [0.25, 0.3) is 0 Å². The molecule has 1 N–H and O–H groups in total. The van der Waals surface area contributed by atoms with Crippen LogP contribution in [0.25, 0.3) is 0 Å². The van der Waals surface area contributed by atoms with E-state index < -0.39 is 0 Å². The number of nitrogens with one attached hydrogen (secondary N) is 1. The van der Waals surface area contributed by atoms with Crippen molar-refractivity contribution >= 4 is 17.1 Å². The third-order valence-corrected chi connectivity index (χ3v) is 4.02. The van der Waals surface area contributed by atoms with Gasteiger partial charge in [-0.3, -0.25) is 4.79 Å². The monoisotopic (exact) mass is 209 g/mol. The number of hydrogen-bond acceptors (Lipinski definition) is 3. The van der Waals surface area contributed by atoms with Crippen molar-refractivity contribution in [1.29, 1.82) is 0 Å². The normalized spacial score (nSPS) is 26.6. The molecule has 0 amide bonds. The van der Waals surface area contributed by atoms with Crippen LogP contribution in [0, 0.1) is 5.41 Å². The van der Waals surface area contributed by atoms with Crippen molar-refractivity contribution in [2.45, 2.75) is 19.8 Å². The van der Waals surface area contributed by atoms with Gasteiger partial charge in [0.2, 0.25) is 0 Å². The van der Waals surface area contributed by atoms with Crippen molar-refractivity contribution in [3.05, 3.63) is 22.4 Å². The molecule has 2 nitrogen and oxygen atoms in total. The van der Waals surface area contributed by atoms with E-state index in [1.807, 2.05) is 17.5 Å². The highest BCUT2D eigenvalue weighted by molar-refractivity contribution is 7.12. The Morgan fingerprint density at radius 3 is 3.07 bits per heavy atom. The highest BCUT2D eigenvalue weighted by Gasteiger charge is 2.39. The molecule has 0 aliphatic carbocycles. The minimum Gasteiger partial charge on any atom is -0.316 e. The van der Waals surface area contributed by atoms with Gasteiger partial charge < -0.3 is 5.32 Å². The van der Waals surface area contributed by atoms with E-state index in [0.717, 1.165) is 30.8 Å². The van der Waals surface area contributed by atoms with Crippen LogP contribution < -0.4 is 5.32 Å². The van der Waals surface area contributed by atoms with Crippen molar-refractivity contribution in [1.82, 2.24) is 5.32 Å². The smallest absolute Gasteiger partial charge is 0.180 e. The molecule has 1 aromatic rings. The molecule has 0 radical (unpaired) electrons. The maximum absolute atomic E-state index is 12.2. The maximum atomic E-state index is 12.2. The number of rotatable bonds is 3. The highest BCUT2D eigenvalue weighted by atomic mass is 32.1. The van der Waals surface area contributed by atoms with E-state index in [2.05, 4.69) is 12.2 Å². The van der Waals surface area contributed by atoms with Crippen LogP contribution in [0.1, 0.15) is 29.4 Å². The molecule has 0 bridgehead atoms. The Morgan fingerprint density at radius 2 is 2.57 bits per heavy atom. The third-order valence-electron chi connectivity index (χ3n) is 3.15. The van der Waals surface area contributed by atoms with Crippen molar-refractivity contribution in [2.24, 2.45) is 5.41 Å². The van der Waals surface area contributed by atoms with Crippen LogP contribution in [0.4, 0.5) is 0 Å². The van der Waals surface area contributed by atoms with Crippen LogP contribution in [-0.4, -0.2) is 18.9 Å². The van der Waals surface area contributed by atoms with E-state index >= 15 is 0 Å². The zero-order chi connectivity index (χ0) is 10.0. The van der Waals surface area contributed by atoms with Crippen LogP contribution in [0.15, 0.2) is 17.5 Å². The lowest BCUT2D eigenvalue weighted by Crippen LogP contribution is -2.32. The van der Waals surface area contributed by atoms with Gasteiger partial charge in [-0.25, -0.2) is 0 Å². The number of Topliss-reactive ketones (excluding diaryl/α,β-unsaturated/α-hetero) is 1. The van der Waals surface area contributed by atoms with Crippen LogP contribution >= 0.6 is 11.3 Å². The molecule has 0 saturated carbocycles. The standard InChI is InChI=1S/C11H15NOS/c1-2-11(5-6-12-8-11)10(13)9-4-3-7-14-9/h3-4,7,12H,2,5-6,8H2,1H3. The molecule has 0 spiro atoms. The van der Waals surface area contributed by atoms with Crippen LogP contribution in [-0.2, 0) is 0 Å². The van der Waals surface area contributed by atoms with Gasteiger partial charge in [0.05, 0.1) is 4.88 Å². The minimum absolute atomic E-state index is 0.120. The summed E-state index contributed by atoms with van der Waals surface area (Å²) in [6.07, 6.45) is 1.93. The SMILES string of the molecule is CCC1(C(=O)c2cccs2)CCNC1. The zero-order valence-electron chi connectivity index (χ0n) is 8.38. The second kappa shape index (κ2) is 3.83. The predicted molar refractivity (Wildman–Crippen MR) is 58.9 cm³/mol. The van der Waals surface area contributed by atoms with E-state index in [1.54, 1.807) is 11.3 Å². The summed E-state index contributed by atoms with van der Waals surface area (Å²) in [5, 5.41) is 5.26. The summed E-state index contributed by atoms with van der Waals surface area (Å²) in [7, 11) is 0. The van der Waals surface area contributed by atoms with Crippen LogP contribution in [0.5, 0.6) is 0 Å². The Labute approximate surface area is 88.3 Å². The Bertz CT molecular complexity index is 312.